The Labute approximate surface area is 486 Å². The molecule has 84 heavy (non-hydrogen) atoms. The molecule has 1 aliphatic heterocycles. The molecular weight excluding hydrogens is 1080 g/mol. The van der Waals surface area contributed by atoms with E-state index in [2.05, 4.69) is 45.5 Å². The number of aliphatic hydroxyl groups excluding tert-OH is 1. The molecule has 0 saturated carbocycles. The normalized spacial score (nSPS) is 17.4. The van der Waals surface area contributed by atoms with Crippen molar-refractivity contribution >= 4 is 47.5 Å². The molecule has 1 aliphatic carbocycles. The van der Waals surface area contributed by atoms with Crippen molar-refractivity contribution in [1.82, 2.24) is 16.0 Å². The third kappa shape index (κ3) is 14.7. The maximum Gasteiger partial charge on any atom is 0.407 e. The zero-order valence-corrected chi connectivity index (χ0v) is 47.2. The summed E-state index contributed by atoms with van der Waals surface area (Å²) in [4.78, 5) is 92.0. The molecule has 0 aromatic heterocycles. The minimum absolute atomic E-state index is 0.0125. The van der Waals surface area contributed by atoms with E-state index >= 15 is 0 Å². The Balaban J connectivity index is 0.972. The molecule has 6 atom stereocenters. The van der Waals surface area contributed by atoms with Crippen molar-refractivity contribution in [1.29, 1.82) is 0 Å². The fourth-order valence-corrected chi connectivity index (χ4v) is 10.6. The Morgan fingerprint density at radius 2 is 1.21 bits per heavy atom. The van der Waals surface area contributed by atoms with Gasteiger partial charge in [0.25, 0.3) is 0 Å². The molecule has 2 aliphatic rings. The monoisotopic (exact) mass is 1150 g/mol. The second-order valence-electron chi connectivity index (χ2n) is 20.0. The predicted molar refractivity (Wildman–Crippen MR) is 306 cm³/mol. The number of rotatable bonds is 25. The van der Waals surface area contributed by atoms with Crippen LogP contribution in [0.5, 0.6) is 11.5 Å². The fraction of sp³-hybridized carbons (Fsp3) is 0.328. The van der Waals surface area contributed by atoms with Crippen LogP contribution in [0.15, 0.2) is 152 Å². The first kappa shape index (κ1) is 61.0. The largest absolute Gasteiger partial charge is 0.497 e. The lowest BCUT2D eigenvalue weighted by Crippen LogP contribution is -2.64. The maximum absolute atomic E-state index is 14.2. The van der Waals surface area contributed by atoms with Crippen LogP contribution < -0.4 is 30.7 Å². The average molecular weight is 1150 g/mol. The number of alkyl carbamates (subject to hydrolysis) is 1. The van der Waals surface area contributed by atoms with Gasteiger partial charge in [0.2, 0.25) is 24.2 Å². The number of fused-ring (bicyclic) bond motifs is 3. The van der Waals surface area contributed by atoms with Crippen LogP contribution in [0.4, 0.5) is 10.5 Å². The van der Waals surface area contributed by atoms with E-state index in [1.807, 2.05) is 109 Å². The van der Waals surface area contributed by atoms with Crippen LogP contribution in [0, 0.1) is 0 Å². The quantitative estimate of drug-likeness (QED) is 0.0162. The van der Waals surface area contributed by atoms with Crippen molar-refractivity contribution in [3.63, 3.8) is 0 Å². The first-order valence-electron chi connectivity index (χ1n) is 27.5. The molecule has 8 rings (SSSR count). The van der Waals surface area contributed by atoms with Crippen molar-refractivity contribution < 1.29 is 76.6 Å². The Morgan fingerprint density at radius 1 is 0.643 bits per heavy atom. The van der Waals surface area contributed by atoms with Gasteiger partial charge in [0, 0.05) is 39.7 Å². The number of unbranched alkanes of at least 4 members (excludes halogenated alkanes) is 1. The van der Waals surface area contributed by atoms with Crippen LogP contribution in [-0.2, 0) is 69.3 Å². The van der Waals surface area contributed by atoms with Crippen LogP contribution >= 0.6 is 0 Å². The molecule has 6 aromatic rings. The van der Waals surface area contributed by atoms with Gasteiger partial charge in [0.05, 0.1) is 32.1 Å². The van der Waals surface area contributed by atoms with Gasteiger partial charge in [-0.3, -0.25) is 29.3 Å². The first-order valence-corrected chi connectivity index (χ1v) is 27.5. The number of methoxy groups -OCH3 is 2. The molecule has 0 radical (unpaired) electrons. The summed E-state index contributed by atoms with van der Waals surface area (Å²) in [6.45, 7) is 2.99. The van der Waals surface area contributed by atoms with Crippen LogP contribution in [0.1, 0.15) is 85.8 Å². The summed E-state index contributed by atoms with van der Waals surface area (Å²) in [6.07, 6.45) is -8.36. The van der Waals surface area contributed by atoms with Crippen molar-refractivity contribution in [2.24, 2.45) is 0 Å². The van der Waals surface area contributed by atoms with Crippen molar-refractivity contribution in [2.75, 3.05) is 39.2 Å². The van der Waals surface area contributed by atoms with Gasteiger partial charge < -0.3 is 59.0 Å². The van der Waals surface area contributed by atoms with Gasteiger partial charge >= 0.3 is 30.0 Å². The standard InChI is InChI=1S/C64H68N4O16/c1-39(70)80-56-57(81-40(2)71)59(82-41(3)72)62(84-58(56)61(75)78-5)83-54-32-27-42(37-69)36-53(54)67-55(73)33-35-65-60(74)52(68-63(76)79-38-51-49-24-14-12-22-47(49)48-23-13-15-25-50(48)51)26-16-17-34-66-64(43-18-8-6-9-19-43,44-20-10-7-11-21-44)45-28-30-46(77-4)31-29-45/h6-15,18-25,27-32,36,51-52,56-59,62,66,69H,16-17,26,33-35,37-38H2,1-5H3,(H,65,74)(H,67,73)(H,68,76)/t52-,56-,57-,58-,59+,62+/m0/s1. The van der Waals surface area contributed by atoms with Crippen LogP contribution in [0.25, 0.3) is 11.1 Å². The van der Waals surface area contributed by atoms with Gasteiger partial charge in [-0.25, -0.2) is 9.59 Å². The highest BCUT2D eigenvalue weighted by molar-refractivity contribution is 5.93. The number of anilines is 1. The fourth-order valence-electron chi connectivity index (χ4n) is 10.6. The molecule has 3 amide bonds. The second kappa shape index (κ2) is 28.7. The topological polar surface area (TPSA) is 262 Å². The summed E-state index contributed by atoms with van der Waals surface area (Å²) < 4.78 is 44.7. The lowest BCUT2D eigenvalue weighted by Gasteiger charge is -2.43. The van der Waals surface area contributed by atoms with E-state index < -0.39 is 90.7 Å². The van der Waals surface area contributed by atoms with E-state index in [9.17, 15) is 38.7 Å². The molecule has 0 bridgehead atoms. The summed E-state index contributed by atoms with van der Waals surface area (Å²) in [7, 11) is 2.67. The van der Waals surface area contributed by atoms with Crippen molar-refractivity contribution in [3.8, 4) is 22.6 Å². The van der Waals surface area contributed by atoms with E-state index in [0.29, 0.717) is 30.7 Å². The minimum Gasteiger partial charge on any atom is -0.497 e. The number of benzene rings is 6. The number of carbonyl (C=O) groups is 7. The number of ether oxygens (including phenoxy) is 8. The first-order chi connectivity index (χ1) is 40.6. The van der Waals surface area contributed by atoms with E-state index in [-0.39, 0.29) is 43.3 Å². The molecule has 1 saturated heterocycles. The summed E-state index contributed by atoms with van der Waals surface area (Å²) >= 11 is 0. The highest BCUT2D eigenvalue weighted by Gasteiger charge is 2.56. The third-order valence-electron chi connectivity index (χ3n) is 14.4. The van der Waals surface area contributed by atoms with Gasteiger partial charge in [-0.05, 0) is 94.6 Å². The summed E-state index contributed by atoms with van der Waals surface area (Å²) in [5.41, 5.74) is 6.67. The summed E-state index contributed by atoms with van der Waals surface area (Å²) in [5, 5.41) is 22.3. The molecule has 5 N–H and O–H groups in total. The van der Waals surface area contributed by atoms with Crippen LogP contribution in [0.3, 0.4) is 0 Å². The van der Waals surface area contributed by atoms with Gasteiger partial charge in [-0.1, -0.05) is 127 Å². The Morgan fingerprint density at radius 3 is 1.80 bits per heavy atom. The van der Waals surface area contributed by atoms with Gasteiger partial charge in [-0.15, -0.1) is 0 Å². The lowest BCUT2D eigenvalue weighted by atomic mass is 9.77. The zero-order valence-electron chi connectivity index (χ0n) is 47.2. The predicted octanol–water partition coefficient (Wildman–Crippen LogP) is 7.36. The molecular formula is C64H68N4O16. The van der Waals surface area contributed by atoms with E-state index in [1.54, 1.807) is 7.11 Å². The minimum atomic E-state index is -1.76. The van der Waals surface area contributed by atoms with Gasteiger partial charge in [0.1, 0.15) is 24.1 Å². The molecule has 20 heteroatoms. The van der Waals surface area contributed by atoms with E-state index in [0.717, 1.165) is 66.8 Å². The van der Waals surface area contributed by atoms with Gasteiger partial charge in [-0.2, -0.15) is 0 Å². The smallest absolute Gasteiger partial charge is 0.407 e. The third-order valence-corrected chi connectivity index (χ3v) is 14.4. The van der Waals surface area contributed by atoms with Crippen molar-refractivity contribution in [2.45, 2.75) is 101 Å². The molecule has 1 heterocycles. The van der Waals surface area contributed by atoms with Crippen molar-refractivity contribution in [3.05, 3.63) is 185 Å². The van der Waals surface area contributed by atoms with Crippen LogP contribution in [-0.4, -0.2) is 118 Å². The number of amides is 3. The lowest BCUT2D eigenvalue weighted by molar-refractivity contribution is -0.282. The maximum atomic E-state index is 14.2. The summed E-state index contributed by atoms with van der Waals surface area (Å²) in [5.74, 6) is -4.58. The zero-order chi connectivity index (χ0) is 59.8. The van der Waals surface area contributed by atoms with E-state index in [1.165, 1.54) is 18.2 Å². The molecule has 440 valence electrons. The van der Waals surface area contributed by atoms with E-state index in [4.69, 9.17) is 37.9 Å². The highest BCUT2D eigenvalue weighted by Crippen LogP contribution is 2.45. The molecule has 1 fully saturated rings. The highest BCUT2D eigenvalue weighted by atomic mass is 16.7. The number of carbonyl (C=O) groups excluding carboxylic acids is 7. The molecule has 20 nitrogen and oxygen atoms in total. The molecule has 0 unspecified atom stereocenters. The van der Waals surface area contributed by atoms with Crippen LogP contribution in [0.2, 0.25) is 0 Å². The number of esters is 4. The average Bonchev–Trinajstić information content (AvgIpc) is 1.85. The SMILES string of the molecule is COC(=O)[C@H]1O[C@@H](Oc2ccc(CO)cc2NC(=O)CCNC(=O)[C@H](CCCCNC(c2ccccc2)(c2ccccc2)c2ccc(OC)cc2)NC(=O)OCC2c3ccccc3-c3ccccc32)[C@H](OC(C)=O)[C@@H](OC(C)=O)[C@@H]1OC(C)=O. The van der Waals surface area contributed by atoms with Gasteiger partial charge in [0.15, 0.2) is 18.3 Å². The number of hydrogen-bond donors (Lipinski definition) is 5. The molecule has 6 aromatic carbocycles. The Hall–Kier alpha value is -9.11. The number of nitrogens with one attached hydrogen (secondary N) is 4. The Bertz CT molecular complexity index is 3180. The number of aliphatic hydroxyl groups is 1. The summed E-state index contributed by atoms with van der Waals surface area (Å²) in [6, 6.07) is 47.2. The second-order valence-corrected chi connectivity index (χ2v) is 20.0. The Kier molecular flexibility index (Phi) is 20.9. The number of hydrogen-bond acceptors (Lipinski definition) is 17. The molecule has 0 spiro atoms.